The molecule has 1 fully saturated rings. The van der Waals surface area contributed by atoms with E-state index in [1.807, 2.05) is 35.0 Å². The number of pyridine rings is 1. The molecule has 4 N–H and O–H groups in total. The van der Waals surface area contributed by atoms with Gasteiger partial charge in [0.1, 0.15) is 11.6 Å². The Morgan fingerprint density at radius 1 is 0.967 bits per heavy atom. The van der Waals surface area contributed by atoms with Crippen molar-refractivity contribution < 1.29 is 0 Å². The molecule has 0 bridgehead atoms. The Morgan fingerprint density at radius 2 is 1.83 bits per heavy atom. The summed E-state index contributed by atoms with van der Waals surface area (Å²) in [5, 5.41) is 12.6. The molecule has 5 rings (SSSR count). The molecule has 0 amide bonds. The van der Waals surface area contributed by atoms with Gasteiger partial charge < -0.3 is 16.4 Å². The predicted molar refractivity (Wildman–Crippen MR) is 118 cm³/mol. The second kappa shape index (κ2) is 8.08. The van der Waals surface area contributed by atoms with Gasteiger partial charge in [0, 0.05) is 42.1 Å². The lowest BCUT2D eigenvalue weighted by Crippen LogP contribution is -2.42. The van der Waals surface area contributed by atoms with Gasteiger partial charge in [0.05, 0.1) is 17.4 Å². The number of benzene rings is 1. The Kier molecular flexibility index (Phi) is 4.98. The maximum atomic E-state index is 6.30. The van der Waals surface area contributed by atoms with Crippen LogP contribution in [0.2, 0.25) is 0 Å². The number of rotatable bonds is 5. The first-order valence-corrected chi connectivity index (χ1v) is 10.3. The van der Waals surface area contributed by atoms with Crippen molar-refractivity contribution in [2.75, 3.05) is 10.6 Å². The van der Waals surface area contributed by atoms with E-state index in [9.17, 15) is 0 Å². The molecule has 8 nitrogen and oxygen atoms in total. The molecule has 1 saturated carbocycles. The van der Waals surface area contributed by atoms with E-state index in [1.54, 1.807) is 24.8 Å². The van der Waals surface area contributed by atoms with Crippen molar-refractivity contribution in [1.29, 1.82) is 0 Å². The average molecular weight is 400 g/mol. The van der Waals surface area contributed by atoms with E-state index in [0.29, 0.717) is 5.82 Å². The van der Waals surface area contributed by atoms with Gasteiger partial charge in [0.2, 0.25) is 0 Å². The van der Waals surface area contributed by atoms with Crippen LogP contribution >= 0.6 is 0 Å². The lowest BCUT2D eigenvalue weighted by atomic mass is 9.91. The van der Waals surface area contributed by atoms with Gasteiger partial charge in [-0.2, -0.15) is 0 Å². The highest BCUT2D eigenvalue weighted by Crippen LogP contribution is 2.28. The second-order valence-corrected chi connectivity index (χ2v) is 7.59. The van der Waals surface area contributed by atoms with E-state index >= 15 is 0 Å². The largest absolute Gasteiger partial charge is 0.366 e. The molecule has 1 aliphatic carbocycles. The van der Waals surface area contributed by atoms with Gasteiger partial charge in [-0.1, -0.05) is 25.0 Å². The van der Waals surface area contributed by atoms with Crippen LogP contribution in [0.25, 0.3) is 16.6 Å². The third-order valence-corrected chi connectivity index (χ3v) is 5.54. The summed E-state index contributed by atoms with van der Waals surface area (Å²) >= 11 is 0. The Bertz CT molecular complexity index is 1140. The highest BCUT2D eigenvalue weighted by atomic mass is 15.3. The van der Waals surface area contributed by atoms with Crippen LogP contribution in [0.1, 0.15) is 25.7 Å². The predicted octanol–water partition coefficient (Wildman–Crippen LogP) is 3.64. The molecule has 3 aromatic heterocycles. The fourth-order valence-corrected chi connectivity index (χ4v) is 4.00. The van der Waals surface area contributed by atoms with Crippen LogP contribution in [0.3, 0.4) is 0 Å². The van der Waals surface area contributed by atoms with Crippen LogP contribution in [0, 0.1) is 0 Å². The fourth-order valence-electron chi connectivity index (χ4n) is 4.00. The van der Waals surface area contributed by atoms with Crippen molar-refractivity contribution in [2.45, 2.75) is 37.8 Å². The minimum atomic E-state index is 0.164. The summed E-state index contributed by atoms with van der Waals surface area (Å²) in [5.41, 5.74) is 8.23. The maximum Gasteiger partial charge on any atom is 0.162 e. The highest BCUT2D eigenvalue weighted by Gasteiger charge is 2.22. The molecule has 0 unspecified atom stereocenters. The van der Waals surface area contributed by atoms with Crippen molar-refractivity contribution >= 4 is 28.4 Å². The zero-order chi connectivity index (χ0) is 20.3. The summed E-state index contributed by atoms with van der Waals surface area (Å²) in [7, 11) is 0. The van der Waals surface area contributed by atoms with E-state index in [-0.39, 0.29) is 12.1 Å². The minimum Gasteiger partial charge on any atom is -0.366 e. The molecule has 0 spiro atoms. The van der Waals surface area contributed by atoms with Crippen LogP contribution in [0.5, 0.6) is 0 Å². The Labute approximate surface area is 174 Å². The van der Waals surface area contributed by atoms with Crippen molar-refractivity contribution in [3.63, 3.8) is 0 Å². The molecule has 8 heteroatoms. The summed E-state index contributed by atoms with van der Waals surface area (Å²) < 4.78 is 1.92. The van der Waals surface area contributed by atoms with Gasteiger partial charge in [-0.3, -0.25) is 4.98 Å². The third kappa shape index (κ3) is 3.69. The lowest BCUT2D eigenvalue weighted by Gasteiger charge is -2.29. The van der Waals surface area contributed by atoms with Crippen molar-refractivity contribution in [2.24, 2.45) is 5.73 Å². The number of fused-ring (bicyclic) bond motifs is 1. The molecular formula is C22H24N8. The maximum absolute atomic E-state index is 6.30. The van der Waals surface area contributed by atoms with Crippen LogP contribution < -0.4 is 16.4 Å². The zero-order valence-electron chi connectivity index (χ0n) is 16.6. The molecule has 30 heavy (non-hydrogen) atoms. The first kappa shape index (κ1) is 18.5. The van der Waals surface area contributed by atoms with Crippen molar-refractivity contribution in [3.8, 4) is 5.69 Å². The second-order valence-electron chi connectivity index (χ2n) is 7.59. The standard InChI is InChI=1S/C22H24N8/c23-17-6-2-3-7-18(17)27-20-13-15(9-10-25-20)30-19-8-4-1-5-16(19)22(29-30)28-21-14-24-11-12-26-21/h1,4-5,8-14,17-18H,2-3,6-7,23H2,(H,25,27)(H,26,28,29)/t17-,18+/m1/s1. The van der Waals surface area contributed by atoms with Gasteiger partial charge in [0.25, 0.3) is 0 Å². The molecule has 3 heterocycles. The van der Waals surface area contributed by atoms with Gasteiger partial charge in [0.15, 0.2) is 5.82 Å². The van der Waals surface area contributed by atoms with Crippen LogP contribution in [-0.4, -0.2) is 36.8 Å². The molecule has 4 aromatic rings. The first-order valence-electron chi connectivity index (χ1n) is 10.3. The topological polar surface area (TPSA) is 107 Å². The molecule has 2 atom stereocenters. The first-order chi connectivity index (χ1) is 14.8. The monoisotopic (exact) mass is 400 g/mol. The zero-order valence-corrected chi connectivity index (χ0v) is 16.6. The van der Waals surface area contributed by atoms with E-state index < -0.39 is 0 Å². The van der Waals surface area contributed by atoms with Crippen molar-refractivity contribution in [1.82, 2.24) is 24.7 Å². The molecular weight excluding hydrogens is 376 g/mol. The SMILES string of the molecule is N[C@@H]1CCCC[C@@H]1Nc1cc(-n2nc(Nc3cnccn3)c3ccccc32)ccn1. The van der Waals surface area contributed by atoms with Gasteiger partial charge in [-0.05, 0) is 31.0 Å². The van der Waals surface area contributed by atoms with E-state index in [1.165, 1.54) is 12.8 Å². The number of hydrogen-bond acceptors (Lipinski definition) is 7. The smallest absolute Gasteiger partial charge is 0.162 e. The van der Waals surface area contributed by atoms with Crippen LogP contribution in [0.4, 0.5) is 17.5 Å². The molecule has 152 valence electrons. The van der Waals surface area contributed by atoms with Gasteiger partial charge in [-0.25, -0.2) is 14.6 Å². The summed E-state index contributed by atoms with van der Waals surface area (Å²) in [5.74, 6) is 2.20. The normalized spacial score (nSPS) is 19.0. The van der Waals surface area contributed by atoms with E-state index in [4.69, 9.17) is 10.8 Å². The number of hydrogen-bond donors (Lipinski definition) is 3. The van der Waals surface area contributed by atoms with E-state index in [0.717, 1.165) is 41.1 Å². The Morgan fingerprint density at radius 3 is 2.70 bits per heavy atom. The molecule has 1 aromatic carbocycles. The summed E-state index contributed by atoms with van der Waals surface area (Å²) in [6.45, 7) is 0. The Balaban J connectivity index is 1.49. The highest BCUT2D eigenvalue weighted by molar-refractivity contribution is 5.92. The number of nitrogens with one attached hydrogen (secondary N) is 2. The van der Waals surface area contributed by atoms with Crippen molar-refractivity contribution in [3.05, 3.63) is 61.2 Å². The molecule has 1 aliphatic rings. The van der Waals surface area contributed by atoms with Gasteiger partial charge >= 0.3 is 0 Å². The summed E-state index contributed by atoms with van der Waals surface area (Å²) in [6, 6.07) is 12.5. The van der Waals surface area contributed by atoms with Crippen LogP contribution in [0.15, 0.2) is 61.2 Å². The number of aromatic nitrogens is 5. The molecule has 0 radical (unpaired) electrons. The molecule has 0 saturated heterocycles. The summed E-state index contributed by atoms with van der Waals surface area (Å²) in [6.07, 6.45) is 11.3. The minimum absolute atomic E-state index is 0.164. The third-order valence-electron chi connectivity index (χ3n) is 5.54. The number of anilines is 3. The number of para-hydroxylation sites is 1. The molecule has 0 aliphatic heterocycles. The quantitative estimate of drug-likeness (QED) is 0.469. The lowest BCUT2D eigenvalue weighted by molar-refractivity contribution is 0.403. The average Bonchev–Trinajstić information content (AvgIpc) is 3.15. The number of nitrogens with zero attached hydrogens (tertiary/aromatic N) is 5. The Hall–Kier alpha value is -3.52. The van der Waals surface area contributed by atoms with E-state index in [2.05, 4.69) is 31.7 Å². The van der Waals surface area contributed by atoms with Gasteiger partial charge in [-0.15, -0.1) is 5.10 Å². The summed E-state index contributed by atoms with van der Waals surface area (Å²) in [4.78, 5) is 12.9. The van der Waals surface area contributed by atoms with Crippen LogP contribution in [-0.2, 0) is 0 Å². The fraction of sp³-hybridized carbons (Fsp3) is 0.273. The number of nitrogens with two attached hydrogens (primary N) is 1.